The molecule has 0 fully saturated rings. The molecule has 1 atom stereocenters. The summed E-state index contributed by atoms with van der Waals surface area (Å²) in [5.41, 5.74) is 3.42. The van der Waals surface area contributed by atoms with Crippen molar-refractivity contribution in [1.82, 2.24) is 15.1 Å². The molecule has 0 aliphatic heterocycles. The normalized spacial score (nSPS) is 12.4. The first-order chi connectivity index (χ1) is 10.6. The van der Waals surface area contributed by atoms with Crippen LogP contribution in [-0.4, -0.2) is 34.1 Å². The summed E-state index contributed by atoms with van der Waals surface area (Å²) in [4.78, 5) is 0. The molecule has 1 aromatic carbocycles. The lowest BCUT2D eigenvalue weighted by molar-refractivity contribution is 0.106. The monoisotopic (exact) mass is 303 g/mol. The fourth-order valence-electron chi connectivity index (χ4n) is 2.36. The molecule has 0 aliphatic carbocycles. The second-order valence-corrected chi connectivity index (χ2v) is 5.54. The van der Waals surface area contributed by atoms with Crippen LogP contribution in [0.5, 0.6) is 5.75 Å². The Morgan fingerprint density at radius 3 is 2.95 bits per heavy atom. The Labute approximate surface area is 131 Å². The minimum atomic E-state index is -0.540. The van der Waals surface area contributed by atoms with E-state index in [1.807, 2.05) is 49.1 Å². The van der Waals surface area contributed by atoms with Crippen molar-refractivity contribution in [1.29, 1.82) is 0 Å². The molecular formula is C17H25N3O2. The van der Waals surface area contributed by atoms with Crippen LogP contribution in [0.1, 0.15) is 23.7 Å². The maximum Gasteiger partial charge on any atom is 0.119 e. The second-order valence-electron chi connectivity index (χ2n) is 5.54. The number of aryl methyl sites for hydroxylation is 3. The molecule has 120 valence electrons. The lowest BCUT2D eigenvalue weighted by Crippen LogP contribution is -2.31. The van der Waals surface area contributed by atoms with Gasteiger partial charge in [-0.05, 0) is 31.0 Å². The van der Waals surface area contributed by atoms with Gasteiger partial charge in [-0.3, -0.25) is 4.68 Å². The van der Waals surface area contributed by atoms with Crippen LogP contribution in [0, 0.1) is 6.92 Å². The zero-order valence-corrected chi connectivity index (χ0v) is 13.5. The zero-order chi connectivity index (χ0) is 15.9. The van der Waals surface area contributed by atoms with E-state index in [-0.39, 0.29) is 6.61 Å². The van der Waals surface area contributed by atoms with Gasteiger partial charge in [-0.2, -0.15) is 5.10 Å². The molecule has 0 amide bonds. The first-order valence-electron chi connectivity index (χ1n) is 7.68. The number of nitrogens with one attached hydrogen (secondary N) is 1. The largest absolute Gasteiger partial charge is 0.491 e. The highest BCUT2D eigenvalue weighted by atomic mass is 16.5. The third kappa shape index (κ3) is 4.86. The van der Waals surface area contributed by atoms with E-state index >= 15 is 0 Å². The lowest BCUT2D eigenvalue weighted by Gasteiger charge is -2.13. The summed E-state index contributed by atoms with van der Waals surface area (Å²) in [6, 6.07) is 7.83. The average Bonchev–Trinajstić information content (AvgIpc) is 2.85. The second kappa shape index (κ2) is 7.96. The first kappa shape index (κ1) is 16.5. The molecule has 0 spiro atoms. The SMILES string of the molecule is CCc1nn(C)cc1CNCC(O)COc1cccc(C)c1. The lowest BCUT2D eigenvalue weighted by atomic mass is 10.2. The molecule has 0 aliphatic rings. The maximum absolute atomic E-state index is 9.98. The number of rotatable bonds is 8. The number of benzene rings is 1. The minimum absolute atomic E-state index is 0.282. The highest BCUT2D eigenvalue weighted by Crippen LogP contribution is 2.12. The molecule has 0 saturated carbocycles. The molecule has 5 nitrogen and oxygen atoms in total. The minimum Gasteiger partial charge on any atom is -0.491 e. The smallest absolute Gasteiger partial charge is 0.119 e. The third-order valence-electron chi connectivity index (χ3n) is 3.45. The quantitative estimate of drug-likeness (QED) is 0.781. The summed E-state index contributed by atoms with van der Waals surface area (Å²) in [5.74, 6) is 0.791. The van der Waals surface area contributed by atoms with Crippen molar-refractivity contribution in [2.45, 2.75) is 32.9 Å². The highest BCUT2D eigenvalue weighted by molar-refractivity contribution is 5.27. The van der Waals surface area contributed by atoms with E-state index in [1.165, 1.54) is 5.56 Å². The van der Waals surface area contributed by atoms with Crippen molar-refractivity contribution in [2.75, 3.05) is 13.2 Å². The number of hydrogen-bond acceptors (Lipinski definition) is 4. The van der Waals surface area contributed by atoms with Gasteiger partial charge >= 0.3 is 0 Å². The van der Waals surface area contributed by atoms with E-state index in [0.717, 1.165) is 23.4 Å². The summed E-state index contributed by atoms with van der Waals surface area (Å²) < 4.78 is 7.42. The summed E-state index contributed by atoms with van der Waals surface area (Å²) in [6.45, 7) is 5.59. The fraction of sp³-hybridized carbons (Fsp3) is 0.471. The van der Waals surface area contributed by atoms with E-state index in [1.54, 1.807) is 0 Å². The van der Waals surface area contributed by atoms with Crippen LogP contribution in [0.3, 0.4) is 0 Å². The van der Waals surface area contributed by atoms with Crippen LogP contribution >= 0.6 is 0 Å². The standard InChI is InChI=1S/C17H25N3O2/c1-4-17-14(11-20(3)19-17)9-18-10-15(21)12-22-16-7-5-6-13(2)8-16/h5-8,11,15,18,21H,4,9-10,12H2,1-3H3. The molecule has 0 bridgehead atoms. The Morgan fingerprint density at radius 1 is 1.41 bits per heavy atom. The Hall–Kier alpha value is -1.85. The number of aliphatic hydroxyl groups excluding tert-OH is 1. The van der Waals surface area contributed by atoms with Crippen LogP contribution < -0.4 is 10.1 Å². The number of nitrogens with zero attached hydrogens (tertiary/aromatic N) is 2. The van der Waals surface area contributed by atoms with Gasteiger partial charge in [0, 0.05) is 31.9 Å². The fourth-order valence-corrected chi connectivity index (χ4v) is 2.36. The number of ether oxygens (including phenoxy) is 1. The van der Waals surface area contributed by atoms with Crippen LogP contribution in [0.2, 0.25) is 0 Å². The van der Waals surface area contributed by atoms with Gasteiger partial charge in [0.05, 0.1) is 5.69 Å². The number of aliphatic hydroxyl groups is 1. The van der Waals surface area contributed by atoms with E-state index in [2.05, 4.69) is 17.3 Å². The van der Waals surface area contributed by atoms with E-state index in [4.69, 9.17) is 4.74 Å². The summed E-state index contributed by atoms with van der Waals surface area (Å²) in [6.07, 6.45) is 2.39. The van der Waals surface area contributed by atoms with Crippen molar-refractivity contribution in [3.05, 3.63) is 47.3 Å². The summed E-state index contributed by atoms with van der Waals surface area (Å²) in [5, 5.41) is 17.6. The Morgan fingerprint density at radius 2 is 2.23 bits per heavy atom. The molecule has 2 aromatic rings. The Balaban J connectivity index is 1.72. The first-order valence-corrected chi connectivity index (χ1v) is 7.68. The predicted octanol–water partition coefficient (Wildman–Crippen LogP) is 1.82. The van der Waals surface area contributed by atoms with Gasteiger partial charge in [0.1, 0.15) is 18.5 Å². The zero-order valence-electron chi connectivity index (χ0n) is 13.5. The molecule has 0 saturated heterocycles. The number of hydrogen-bond donors (Lipinski definition) is 2. The topological polar surface area (TPSA) is 59.3 Å². The van der Waals surface area contributed by atoms with Crippen LogP contribution in [-0.2, 0) is 20.0 Å². The molecule has 5 heteroatoms. The van der Waals surface area contributed by atoms with Gasteiger partial charge in [-0.15, -0.1) is 0 Å². The Bertz CT molecular complexity index is 595. The van der Waals surface area contributed by atoms with Crippen LogP contribution in [0.4, 0.5) is 0 Å². The van der Waals surface area contributed by atoms with Gasteiger partial charge < -0.3 is 15.2 Å². The van der Waals surface area contributed by atoms with Gasteiger partial charge in [0.2, 0.25) is 0 Å². The predicted molar refractivity (Wildman–Crippen MR) is 87.0 cm³/mol. The molecule has 1 heterocycles. The highest BCUT2D eigenvalue weighted by Gasteiger charge is 2.08. The maximum atomic E-state index is 9.98. The van der Waals surface area contributed by atoms with Crippen LogP contribution in [0.15, 0.2) is 30.5 Å². The van der Waals surface area contributed by atoms with Crippen molar-refractivity contribution in [3.63, 3.8) is 0 Å². The van der Waals surface area contributed by atoms with Gasteiger partial charge in [-0.1, -0.05) is 19.1 Å². The van der Waals surface area contributed by atoms with E-state index < -0.39 is 6.10 Å². The molecule has 1 unspecified atom stereocenters. The van der Waals surface area contributed by atoms with Crippen LogP contribution in [0.25, 0.3) is 0 Å². The number of aromatic nitrogens is 2. The summed E-state index contributed by atoms with van der Waals surface area (Å²) >= 11 is 0. The molecule has 0 radical (unpaired) electrons. The van der Waals surface area contributed by atoms with Gasteiger partial charge in [0.15, 0.2) is 0 Å². The molecular weight excluding hydrogens is 278 g/mol. The molecule has 22 heavy (non-hydrogen) atoms. The average molecular weight is 303 g/mol. The Kier molecular flexibility index (Phi) is 5.98. The third-order valence-corrected chi connectivity index (χ3v) is 3.45. The molecule has 2 N–H and O–H groups in total. The van der Waals surface area contributed by atoms with E-state index in [0.29, 0.717) is 13.1 Å². The van der Waals surface area contributed by atoms with Crippen molar-refractivity contribution >= 4 is 0 Å². The summed E-state index contributed by atoms with van der Waals surface area (Å²) in [7, 11) is 1.92. The molecule has 1 aromatic heterocycles. The molecule has 2 rings (SSSR count). The van der Waals surface area contributed by atoms with Gasteiger partial charge in [-0.25, -0.2) is 0 Å². The van der Waals surface area contributed by atoms with Crippen molar-refractivity contribution in [3.8, 4) is 5.75 Å². The van der Waals surface area contributed by atoms with Crippen molar-refractivity contribution in [2.24, 2.45) is 7.05 Å². The van der Waals surface area contributed by atoms with E-state index in [9.17, 15) is 5.11 Å². The van der Waals surface area contributed by atoms with Gasteiger partial charge in [0.25, 0.3) is 0 Å². The van der Waals surface area contributed by atoms with Crippen molar-refractivity contribution < 1.29 is 9.84 Å².